The van der Waals surface area contributed by atoms with E-state index in [1.807, 2.05) is 19.1 Å². The maximum Gasteiger partial charge on any atom is 0.220 e. The Balaban J connectivity index is 1.81. The second kappa shape index (κ2) is 5.59. The molecule has 1 fully saturated rings. The molecule has 18 heavy (non-hydrogen) atoms. The molecular weight excluding hydrogens is 270 g/mol. The van der Waals surface area contributed by atoms with Crippen molar-refractivity contribution in [1.29, 1.82) is 0 Å². The molecule has 3 nitrogen and oxygen atoms in total. The first kappa shape index (κ1) is 13.8. The van der Waals surface area contributed by atoms with E-state index in [2.05, 4.69) is 5.32 Å². The average molecular weight is 288 g/mol. The maximum atomic E-state index is 11.9. The fourth-order valence-corrected chi connectivity index (χ4v) is 3.18. The highest BCUT2D eigenvalue weighted by Crippen LogP contribution is 2.39. The third-order valence-corrected chi connectivity index (χ3v) is 4.75. The van der Waals surface area contributed by atoms with Gasteiger partial charge >= 0.3 is 0 Å². The van der Waals surface area contributed by atoms with Crippen LogP contribution >= 0.6 is 22.9 Å². The summed E-state index contributed by atoms with van der Waals surface area (Å²) in [5.41, 5.74) is -0.440. The smallest absolute Gasteiger partial charge is 0.220 e. The monoisotopic (exact) mass is 287 g/mol. The van der Waals surface area contributed by atoms with Crippen molar-refractivity contribution < 1.29 is 9.90 Å². The van der Waals surface area contributed by atoms with Crippen LogP contribution in [0.2, 0.25) is 4.34 Å². The molecule has 1 amide bonds. The van der Waals surface area contributed by atoms with Gasteiger partial charge in [-0.15, -0.1) is 11.3 Å². The van der Waals surface area contributed by atoms with Gasteiger partial charge in [0, 0.05) is 11.3 Å². The molecule has 1 aromatic heterocycles. The number of aliphatic hydroxyl groups is 1. The standard InChI is InChI=1S/C13H18ClNO2S/c1-13(8-16,9-2-3-9)15-12(17)7-5-10-4-6-11(14)18-10/h4,6,9,16H,2-3,5,7-8H2,1H3,(H,15,17). The number of hydrogen-bond acceptors (Lipinski definition) is 3. The molecule has 2 N–H and O–H groups in total. The molecule has 0 bridgehead atoms. The summed E-state index contributed by atoms with van der Waals surface area (Å²) in [6.07, 6.45) is 3.34. The first-order valence-electron chi connectivity index (χ1n) is 6.19. The van der Waals surface area contributed by atoms with Crippen LogP contribution in [-0.2, 0) is 11.2 Å². The molecule has 1 unspecified atom stereocenters. The van der Waals surface area contributed by atoms with Crippen LogP contribution in [0.1, 0.15) is 31.1 Å². The van der Waals surface area contributed by atoms with Crippen molar-refractivity contribution in [1.82, 2.24) is 5.32 Å². The molecule has 1 saturated carbocycles. The molecule has 2 rings (SSSR count). The van der Waals surface area contributed by atoms with Gasteiger partial charge in [-0.25, -0.2) is 0 Å². The number of rotatable bonds is 6. The predicted molar refractivity (Wildman–Crippen MR) is 74.0 cm³/mol. The van der Waals surface area contributed by atoms with Crippen LogP contribution in [0.5, 0.6) is 0 Å². The molecule has 1 aromatic rings. The van der Waals surface area contributed by atoms with Gasteiger partial charge in [-0.3, -0.25) is 4.79 Å². The molecule has 5 heteroatoms. The van der Waals surface area contributed by atoms with Crippen molar-refractivity contribution >= 4 is 28.8 Å². The highest BCUT2D eigenvalue weighted by atomic mass is 35.5. The lowest BCUT2D eigenvalue weighted by Crippen LogP contribution is -2.50. The molecule has 1 aliphatic rings. The Labute approximate surface area is 116 Å². The zero-order chi connectivity index (χ0) is 13.2. The van der Waals surface area contributed by atoms with Crippen LogP contribution in [0.3, 0.4) is 0 Å². The van der Waals surface area contributed by atoms with Gasteiger partial charge in [-0.2, -0.15) is 0 Å². The maximum absolute atomic E-state index is 11.9. The highest BCUT2D eigenvalue weighted by Gasteiger charge is 2.41. The van der Waals surface area contributed by atoms with Gasteiger partial charge in [-0.1, -0.05) is 11.6 Å². The molecule has 1 heterocycles. The van der Waals surface area contributed by atoms with Crippen LogP contribution in [0.4, 0.5) is 0 Å². The fraction of sp³-hybridized carbons (Fsp3) is 0.615. The molecule has 0 aliphatic heterocycles. The van der Waals surface area contributed by atoms with E-state index < -0.39 is 5.54 Å². The van der Waals surface area contributed by atoms with E-state index in [9.17, 15) is 9.90 Å². The van der Waals surface area contributed by atoms with Crippen LogP contribution in [0, 0.1) is 5.92 Å². The first-order valence-corrected chi connectivity index (χ1v) is 7.39. The summed E-state index contributed by atoms with van der Waals surface area (Å²) in [7, 11) is 0. The number of halogens is 1. The SMILES string of the molecule is CC(CO)(NC(=O)CCc1ccc(Cl)s1)C1CC1. The second-order valence-corrected chi connectivity index (χ2v) is 6.90. The number of aryl methyl sites for hydroxylation is 1. The number of thiophene rings is 1. The van der Waals surface area contributed by atoms with Gasteiger partial charge in [0.1, 0.15) is 0 Å². The van der Waals surface area contributed by atoms with Gasteiger partial charge in [0.25, 0.3) is 0 Å². The lowest BCUT2D eigenvalue weighted by molar-refractivity contribution is -0.123. The Morgan fingerprint density at radius 1 is 1.61 bits per heavy atom. The van der Waals surface area contributed by atoms with E-state index in [-0.39, 0.29) is 12.5 Å². The third-order valence-electron chi connectivity index (χ3n) is 3.46. The molecule has 0 radical (unpaired) electrons. The molecule has 0 aromatic carbocycles. The minimum atomic E-state index is -0.440. The van der Waals surface area contributed by atoms with E-state index >= 15 is 0 Å². The fourth-order valence-electron chi connectivity index (χ4n) is 2.09. The molecular formula is C13H18ClNO2S. The van der Waals surface area contributed by atoms with E-state index in [4.69, 9.17) is 11.6 Å². The van der Waals surface area contributed by atoms with Gasteiger partial charge in [-0.05, 0) is 44.2 Å². The normalized spacial score (nSPS) is 18.4. The van der Waals surface area contributed by atoms with Crippen molar-refractivity contribution in [3.05, 3.63) is 21.3 Å². The predicted octanol–water partition coefficient (Wildman–Crippen LogP) is 2.61. The first-order chi connectivity index (χ1) is 8.53. The summed E-state index contributed by atoms with van der Waals surface area (Å²) in [4.78, 5) is 13.0. The van der Waals surface area contributed by atoms with Crippen LogP contribution in [0.15, 0.2) is 12.1 Å². The van der Waals surface area contributed by atoms with Crippen molar-refractivity contribution in [2.24, 2.45) is 5.92 Å². The second-order valence-electron chi connectivity index (χ2n) is 5.10. The average Bonchev–Trinajstić information content (AvgIpc) is 3.11. The Morgan fingerprint density at radius 2 is 2.33 bits per heavy atom. The molecule has 0 saturated heterocycles. The lowest BCUT2D eigenvalue weighted by Gasteiger charge is -2.28. The van der Waals surface area contributed by atoms with E-state index in [0.29, 0.717) is 18.8 Å². The van der Waals surface area contributed by atoms with Crippen molar-refractivity contribution in [2.75, 3.05) is 6.61 Å². The summed E-state index contributed by atoms with van der Waals surface area (Å²) in [6.45, 7) is 1.93. The molecule has 1 aliphatic carbocycles. The summed E-state index contributed by atoms with van der Waals surface area (Å²) < 4.78 is 0.753. The lowest BCUT2D eigenvalue weighted by atomic mass is 9.96. The van der Waals surface area contributed by atoms with Gasteiger partial charge < -0.3 is 10.4 Å². The van der Waals surface area contributed by atoms with Crippen LogP contribution in [0.25, 0.3) is 0 Å². The summed E-state index contributed by atoms with van der Waals surface area (Å²) >= 11 is 7.35. The topological polar surface area (TPSA) is 49.3 Å². The van der Waals surface area contributed by atoms with E-state index in [0.717, 1.165) is 22.1 Å². The molecule has 1 atom stereocenters. The Morgan fingerprint density at radius 3 is 2.83 bits per heavy atom. The number of carbonyl (C=O) groups excluding carboxylic acids is 1. The zero-order valence-electron chi connectivity index (χ0n) is 10.4. The molecule has 0 spiro atoms. The number of hydrogen-bond donors (Lipinski definition) is 2. The number of carbonyl (C=O) groups is 1. The quantitative estimate of drug-likeness (QED) is 0.845. The minimum Gasteiger partial charge on any atom is -0.394 e. The van der Waals surface area contributed by atoms with Crippen LogP contribution < -0.4 is 5.32 Å². The summed E-state index contributed by atoms with van der Waals surface area (Å²) in [5.74, 6) is 0.436. The van der Waals surface area contributed by atoms with E-state index in [1.54, 1.807) is 0 Å². The summed E-state index contributed by atoms with van der Waals surface area (Å²) in [6, 6.07) is 3.80. The molecule has 100 valence electrons. The van der Waals surface area contributed by atoms with Crippen LogP contribution in [-0.4, -0.2) is 23.2 Å². The highest BCUT2D eigenvalue weighted by molar-refractivity contribution is 7.16. The number of nitrogens with one attached hydrogen (secondary N) is 1. The Hall–Kier alpha value is -0.580. The largest absolute Gasteiger partial charge is 0.394 e. The van der Waals surface area contributed by atoms with Crippen molar-refractivity contribution in [3.63, 3.8) is 0 Å². The van der Waals surface area contributed by atoms with Gasteiger partial charge in [0.2, 0.25) is 5.91 Å². The van der Waals surface area contributed by atoms with Crippen molar-refractivity contribution in [2.45, 2.75) is 38.1 Å². The minimum absolute atomic E-state index is 0.00275. The Kier molecular flexibility index (Phi) is 4.30. The van der Waals surface area contributed by atoms with Gasteiger partial charge in [0.05, 0.1) is 16.5 Å². The van der Waals surface area contributed by atoms with Crippen molar-refractivity contribution in [3.8, 4) is 0 Å². The zero-order valence-corrected chi connectivity index (χ0v) is 12.0. The Bertz CT molecular complexity index is 430. The third kappa shape index (κ3) is 3.46. The number of amides is 1. The van der Waals surface area contributed by atoms with Gasteiger partial charge in [0.15, 0.2) is 0 Å². The summed E-state index contributed by atoms with van der Waals surface area (Å²) in [5, 5.41) is 12.4. The van der Waals surface area contributed by atoms with E-state index in [1.165, 1.54) is 11.3 Å². The number of aliphatic hydroxyl groups excluding tert-OH is 1.